The predicted octanol–water partition coefficient (Wildman–Crippen LogP) is 5.91. The third-order valence-electron chi connectivity index (χ3n) is 5.76. The summed E-state index contributed by atoms with van der Waals surface area (Å²) >= 11 is 5.76. The average Bonchev–Trinajstić information content (AvgIpc) is 3.46. The van der Waals surface area contributed by atoms with Gasteiger partial charge in [0.25, 0.3) is 0 Å². The van der Waals surface area contributed by atoms with Gasteiger partial charge in [0.15, 0.2) is 5.11 Å². The van der Waals surface area contributed by atoms with Crippen molar-refractivity contribution in [1.82, 2.24) is 15.2 Å². The fraction of sp³-hybridized carbons (Fsp3) is 0.185. The van der Waals surface area contributed by atoms with Crippen LogP contribution in [0.3, 0.4) is 0 Å². The van der Waals surface area contributed by atoms with E-state index in [1.54, 1.807) is 0 Å². The molecule has 1 aliphatic heterocycles. The van der Waals surface area contributed by atoms with Gasteiger partial charge in [-0.15, -0.1) is 0 Å². The molecule has 1 N–H and O–H groups in total. The molecule has 6 heteroatoms. The van der Waals surface area contributed by atoms with Crippen molar-refractivity contribution in [1.29, 1.82) is 0 Å². The van der Waals surface area contributed by atoms with Gasteiger partial charge >= 0.3 is 0 Å². The van der Waals surface area contributed by atoms with Crippen LogP contribution in [0.5, 0.6) is 5.75 Å². The molecule has 5 rings (SSSR count). The number of hydrogen-bond acceptors (Lipinski definition) is 4. The Morgan fingerprint density at radius 1 is 0.970 bits per heavy atom. The van der Waals surface area contributed by atoms with Gasteiger partial charge in [-0.05, 0) is 73.2 Å². The second kappa shape index (κ2) is 9.46. The van der Waals surface area contributed by atoms with Crippen LogP contribution in [0.1, 0.15) is 36.0 Å². The molecule has 2 aromatic heterocycles. The molecule has 1 aliphatic rings. The highest BCUT2D eigenvalue weighted by atomic mass is 32.1. The average molecular weight is 456 g/mol. The van der Waals surface area contributed by atoms with Crippen molar-refractivity contribution in [2.45, 2.75) is 25.6 Å². The Kier molecular flexibility index (Phi) is 6.09. The highest BCUT2D eigenvalue weighted by Gasteiger charge is 2.41. The van der Waals surface area contributed by atoms with Crippen LogP contribution in [0.25, 0.3) is 11.3 Å². The molecule has 0 bridgehead atoms. The highest BCUT2D eigenvalue weighted by Crippen LogP contribution is 2.41. The molecule has 2 atom stereocenters. The summed E-state index contributed by atoms with van der Waals surface area (Å²) in [6.07, 6.45) is 1.81. The molecule has 0 radical (unpaired) electrons. The molecule has 5 nitrogen and oxygen atoms in total. The summed E-state index contributed by atoms with van der Waals surface area (Å²) in [4.78, 5) is 6.79. The van der Waals surface area contributed by atoms with E-state index in [4.69, 9.17) is 21.4 Å². The molecule has 0 amide bonds. The summed E-state index contributed by atoms with van der Waals surface area (Å²) in [7, 11) is 0. The Balaban J connectivity index is 1.49. The lowest BCUT2D eigenvalue weighted by atomic mass is 10.0. The minimum atomic E-state index is -0.121. The number of furan rings is 1. The first-order valence-electron chi connectivity index (χ1n) is 11.1. The van der Waals surface area contributed by atoms with E-state index in [0.29, 0.717) is 18.3 Å². The molecule has 166 valence electrons. The van der Waals surface area contributed by atoms with E-state index in [9.17, 15) is 0 Å². The van der Waals surface area contributed by atoms with Crippen molar-refractivity contribution in [3.63, 3.8) is 0 Å². The molecule has 0 unspecified atom stereocenters. The lowest BCUT2D eigenvalue weighted by molar-refractivity contribution is 0.269. The Morgan fingerprint density at radius 2 is 1.76 bits per heavy atom. The quantitative estimate of drug-likeness (QED) is 0.350. The van der Waals surface area contributed by atoms with Gasteiger partial charge in [0.05, 0.1) is 18.3 Å². The normalized spacial score (nSPS) is 17.7. The first-order chi connectivity index (χ1) is 16.2. The number of aromatic nitrogens is 1. The number of rotatable bonds is 7. The largest absolute Gasteiger partial charge is 0.494 e. The van der Waals surface area contributed by atoms with Crippen LogP contribution in [0, 0.1) is 0 Å². The van der Waals surface area contributed by atoms with Crippen molar-refractivity contribution in [3.8, 4) is 17.1 Å². The third-order valence-corrected chi connectivity index (χ3v) is 6.11. The molecule has 0 spiro atoms. The van der Waals surface area contributed by atoms with E-state index in [1.807, 2.05) is 85.9 Å². The minimum Gasteiger partial charge on any atom is -0.494 e. The molecule has 0 saturated carbocycles. The second-order valence-corrected chi connectivity index (χ2v) is 8.29. The van der Waals surface area contributed by atoms with E-state index >= 15 is 0 Å². The minimum absolute atomic E-state index is 0.109. The van der Waals surface area contributed by atoms with Crippen LogP contribution in [0.2, 0.25) is 0 Å². The van der Waals surface area contributed by atoms with Gasteiger partial charge in [0, 0.05) is 18.3 Å². The highest BCUT2D eigenvalue weighted by molar-refractivity contribution is 7.80. The maximum atomic E-state index is 6.41. The zero-order chi connectivity index (χ0) is 22.6. The number of ether oxygens (including phenoxy) is 1. The van der Waals surface area contributed by atoms with Gasteiger partial charge in [-0.25, -0.2) is 0 Å². The fourth-order valence-corrected chi connectivity index (χ4v) is 4.52. The predicted molar refractivity (Wildman–Crippen MR) is 133 cm³/mol. The Morgan fingerprint density at radius 3 is 2.48 bits per heavy atom. The van der Waals surface area contributed by atoms with Gasteiger partial charge in [0.2, 0.25) is 0 Å². The third kappa shape index (κ3) is 4.47. The zero-order valence-corrected chi connectivity index (χ0v) is 19.2. The fourth-order valence-electron chi connectivity index (χ4n) is 4.21. The van der Waals surface area contributed by atoms with Crippen LogP contribution in [-0.4, -0.2) is 21.6 Å². The van der Waals surface area contributed by atoms with Crippen LogP contribution in [0.15, 0.2) is 95.5 Å². The summed E-state index contributed by atoms with van der Waals surface area (Å²) in [6, 6.07) is 28.1. The molecule has 33 heavy (non-hydrogen) atoms. The molecule has 0 aliphatic carbocycles. The van der Waals surface area contributed by atoms with Crippen molar-refractivity contribution >= 4 is 17.3 Å². The summed E-state index contributed by atoms with van der Waals surface area (Å²) in [5.41, 5.74) is 3.12. The van der Waals surface area contributed by atoms with Crippen LogP contribution in [0.4, 0.5) is 0 Å². The molecule has 1 saturated heterocycles. The van der Waals surface area contributed by atoms with Crippen LogP contribution in [-0.2, 0) is 6.54 Å². The Bertz CT molecular complexity index is 1210. The van der Waals surface area contributed by atoms with Gasteiger partial charge in [-0.1, -0.05) is 36.4 Å². The number of nitrogens with zero attached hydrogens (tertiary/aromatic N) is 2. The molecular formula is C27H25N3O2S. The maximum absolute atomic E-state index is 6.41. The van der Waals surface area contributed by atoms with Crippen molar-refractivity contribution < 1.29 is 9.15 Å². The summed E-state index contributed by atoms with van der Waals surface area (Å²) in [6.45, 7) is 3.30. The summed E-state index contributed by atoms with van der Waals surface area (Å²) < 4.78 is 12.0. The molecule has 2 aromatic carbocycles. The van der Waals surface area contributed by atoms with Crippen molar-refractivity contribution in [2.24, 2.45) is 0 Å². The lowest BCUT2D eigenvalue weighted by Crippen LogP contribution is -2.29. The monoisotopic (exact) mass is 455 g/mol. The number of benzene rings is 2. The number of hydrogen-bond donors (Lipinski definition) is 1. The summed E-state index contributed by atoms with van der Waals surface area (Å²) in [5.74, 6) is 2.51. The number of nitrogens with one attached hydrogen (secondary N) is 1. The Labute approximate surface area is 199 Å². The van der Waals surface area contributed by atoms with E-state index in [2.05, 4.69) is 27.3 Å². The van der Waals surface area contributed by atoms with Crippen molar-refractivity contribution in [3.05, 3.63) is 108 Å². The van der Waals surface area contributed by atoms with E-state index < -0.39 is 0 Å². The molecule has 3 heterocycles. The first kappa shape index (κ1) is 21.2. The lowest BCUT2D eigenvalue weighted by Gasteiger charge is -2.26. The van der Waals surface area contributed by atoms with E-state index in [-0.39, 0.29) is 12.1 Å². The van der Waals surface area contributed by atoms with Crippen LogP contribution >= 0.6 is 12.2 Å². The Hall–Kier alpha value is -3.64. The first-order valence-corrected chi connectivity index (χ1v) is 11.5. The standard InChI is InChI=1S/C27H25N3O2S/c1-2-31-21-13-11-20(12-14-21)23-15-16-24(32-23)26-25(22-10-6-7-17-28-22)29-27(33)30(26)18-19-8-4-3-5-9-19/h3-17,25-26H,2,18H2,1H3,(H,29,33)/t25-,26-/m1/s1. The van der Waals surface area contributed by atoms with E-state index in [1.165, 1.54) is 5.56 Å². The number of pyridine rings is 1. The molecule has 4 aromatic rings. The van der Waals surface area contributed by atoms with Crippen LogP contribution < -0.4 is 10.1 Å². The van der Waals surface area contributed by atoms with Gasteiger partial charge in [-0.3, -0.25) is 4.98 Å². The topological polar surface area (TPSA) is 50.5 Å². The second-order valence-electron chi connectivity index (χ2n) is 7.90. The molecular weight excluding hydrogens is 430 g/mol. The van der Waals surface area contributed by atoms with Crippen molar-refractivity contribution in [2.75, 3.05) is 6.61 Å². The molecule has 1 fully saturated rings. The van der Waals surface area contributed by atoms with Gasteiger partial charge < -0.3 is 19.4 Å². The SMILES string of the molecule is CCOc1ccc(-c2ccc([C@@H]3[C@@H](c4ccccn4)NC(=S)N3Cc3ccccc3)o2)cc1. The van der Waals surface area contributed by atoms with E-state index in [0.717, 1.165) is 28.5 Å². The maximum Gasteiger partial charge on any atom is 0.170 e. The van der Waals surface area contributed by atoms with Gasteiger partial charge in [0.1, 0.15) is 23.3 Å². The number of thiocarbonyl (C=S) groups is 1. The summed E-state index contributed by atoms with van der Waals surface area (Å²) in [5, 5.41) is 4.17. The smallest absolute Gasteiger partial charge is 0.170 e. The zero-order valence-electron chi connectivity index (χ0n) is 18.3. The van der Waals surface area contributed by atoms with Gasteiger partial charge in [-0.2, -0.15) is 0 Å².